The molecule has 0 aromatic carbocycles. The fourth-order valence-corrected chi connectivity index (χ4v) is 4.29. The average Bonchev–Trinajstić information content (AvgIpc) is 2.64. The van der Waals surface area contributed by atoms with Crippen molar-refractivity contribution >= 4 is 22.2 Å². The van der Waals surface area contributed by atoms with Gasteiger partial charge in [0.15, 0.2) is 0 Å². The van der Waals surface area contributed by atoms with Crippen molar-refractivity contribution in [2.24, 2.45) is 5.73 Å². The second kappa shape index (κ2) is 3.21. The third-order valence-electron chi connectivity index (χ3n) is 3.89. The van der Waals surface area contributed by atoms with E-state index in [-0.39, 0.29) is 5.91 Å². The number of amides is 1. The minimum Gasteiger partial charge on any atom is -0.390 e. The van der Waals surface area contributed by atoms with Crippen molar-refractivity contribution in [3.63, 3.8) is 0 Å². The quantitative estimate of drug-likeness (QED) is 0.768. The normalized spacial score (nSPS) is 28.1. The van der Waals surface area contributed by atoms with E-state index in [4.69, 9.17) is 11.5 Å². The summed E-state index contributed by atoms with van der Waals surface area (Å²) in [5.41, 5.74) is 13.0. The second-order valence-corrected chi connectivity index (χ2v) is 5.80. The summed E-state index contributed by atoms with van der Waals surface area (Å²) in [6.45, 7) is 0. The van der Waals surface area contributed by atoms with Gasteiger partial charge in [0.05, 0.1) is 10.6 Å². The molecule has 4 N–H and O–H groups in total. The molecule has 1 saturated heterocycles. The molecule has 1 aromatic rings. The Morgan fingerprint density at radius 2 is 2.25 bits per heavy atom. The summed E-state index contributed by atoms with van der Waals surface area (Å²) in [4.78, 5) is 15.1. The average molecular weight is 237 g/mol. The number of fused-ring (bicyclic) bond motifs is 4. The van der Waals surface area contributed by atoms with Crippen molar-refractivity contribution < 1.29 is 4.79 Å². The van der Waals surface area contributed by atoms with Crippen LogP contribution in [-0.4, -0.2) is 23.9 Å². The highest BCUT2D eigenvalue weighted by Gasteiger charge is 2.41. The van der Waals surface area contributed by atoms with Gasteiger partial charge in [0, 0.05) is 17.0 Å². The van der Waals surface area contributed by atoms with E-state index >= 15 is 0 Å². The van der Waals surface area contributed by atoms with Crippen LogP contribution < -0.4 is 11.5 Å². The molecule has 3 rings (SSSR count). The van der Waals surface area contributed by atoms with Gasteiger partial charge in [-0.25, -0.2) is 0 Å². The van der Waals surface area contributed by atoms with E-state index in [9.17, 15) is 4.79 Å². The Morgan fingerprint density at radius 1 is 1.50 bits per heavy atom. The standard InChI is InChI=1S/C11H15N3OS/c1-14-5-2-3-6(14)8-7(4-5)16-11(13)9(8)10(12)15/h5-6H,2-4,13H2,1H3,(H2,12,15)/t5-,6?/m0/s1. The fraction of sp³-hybridized carbons (Fsp3) is 0.545. The van der Waals surface area contributed by atoms with Crippen molar-refractivity contribution in [3.05, 3.63) is 16.0 Å². The zero-order valence-corrected chi connectivity index (χ0v) is 10.0. The maximum atomic E-state index is 11.5. The molecule has 2 bridgehead atoms. The molecule has 0 spiro atoms. The molecule has 5 heteroatoms. The minimum atomic E-state index is -0.381. The monoisotopic (exact) mass is 237 g/mol. The van der Waals surface area contributed by atoms with E-state index in [0.717, 1.165) is 18.4 Å². The van der Waals surface area contributed by atoms with Crippen molar-refractivity contribution in [1.29, 1.82) is 0 Å². The predicted octanol–water partition coefficient (Wildman–Crippen LogP) is 1.12. The number of carbonyl (C=O) groups is 1. The molecule has 86 valence electrons. The Labute approximate surface area is 98.2 Å². The van der Waals surface area contributed by atoms with Crippen LogP contribution in [-0.2, 0) is 6.42 Å². The molecule has 3 heterocycles. The molecule has 1 amide bonds. The van der Waals surface area contributed by atoms with E-state index < -0.39 is 0 Å². The number of nitrogens with two attached hydrogens (primary N) is 2. The van der Waals surface area contributed by atoms with Gasteiger partial charge in [0.1, 0.15) is 0 Å². The van der Waals surface area contributed by atoms with Gasteiger partial charge in [0.2, 0.25) is 0 Å². The lowest BCUT2D eigenvalue weighted by Gasteiger charge is -2.31. The molecule has 2 atom stereocenters. The summed E-state index contributed by atoms with van der Waals surface area (Å²) in [6.07, 6.45) is 3.34. The van der Waals surface area contributed by atoms with Crippen LogP contribution in [0.1, 0.15) is 39.7 Å². The zero-order chi connectivity index (χ0) is 11.4. The number of anilines is 1. The van der Waals surface area contributed by atoms with Gasteiger partial charge in [-0.3, -0.25) is 9.69 Å². The van der Waals surface area contributed by atoms with E-state index in [1.807, 2.05) is 0 Å². The lowest BCUT2D eigenvalue weighted by atomic mass is 9.97. The van der Waals surface area contributed by atoms with E-state index in [2.05, 4.69) is 11.9 Å². The summed E-state index contributed by atoms with van der Waals surface area (Å²) < 4.78 is 0. The molecular formula is C11H15N3OS. The van der Waals surface area contributed by atoms with Crippen molar-refractivity contribution in [3.8, 4) is 0 Å². The maximum Gasteiger partial charge on any atom is 0.252 e. The Bertz CT molecular complexity index is 468. The molecule has 1 fully saturated rings. The van der Waals surface area contributed by atoms with Crippen LogP contribution >= 0.6 is 11.3 Å². The summed E-state index contributed by atoms with van der Waals surface area (Å²) in [5, 5.41) is 0.596. The van der Waals surface area contributed by atoms with Gasteiger partial charge in [-0.2, -0.15) is 0 Å². The molecule has 0 radical (unpaired) electrons. The van der Waals surface area contributed by atoms with Crippen LogP contribution in [0.4, 0.5) is 5.00 Å². The van der Waals surface area contributed by atoms with Crippen LogP contribution in [0.15, 0.2) is 0 Å². The molecule has 2 aliphatic heterocycles. The number of rotatable bonds is 1. The number of hydrogen-bond donors (Lipinski definition) is 2. The van der Waals surface area contributed by atoms with Gasteiger partial charge in [-0.05, 0) is 31.9 Å². The van der Waals surface area contributed by atoms with Crippen LogP contribution in [0.25, 0.3) is 0 Å². The third kappa shape index (κ3) is 1.15. The summed E-state index contributed by atoms with van der Waals surface area (Å²) in [7, 11) is 2.13. The van der Waals surface area contributed by atoms with Crippen LogP contribution in [0.5, 0.6) is 0 Å². The molecule has 1 aromatic heterocycles. The van der Waals surface area contributed by atoms with Gasteiger partial charge >= 0.3 is 0 Å². The molecule has 1 unspecified atom stereocenters. The maximum absolute atomic E-state index is 11.5. The number of nitrogens with zero attached hydrogens (tertiary/aromatic N) is 1. The van der Waals surface area contributed by atoms with Gasteiger partial charge in [0.25, 0.3) is 5.91 Å². The lowest BCUT2D eigenvalue weighted by molar-refractivity contribution is 0.0997. The molecule has 16 heavy (non-hydrogen) atoms. The predicted molar refractivity (Wildman–Crippen MR) is 64.5 cm³/mol. The highest BCUT2D eigenvalue weighted by Crippen LogP contribution is 2.48. The number of carbonyl (C=O) groups excluding carboxylic acids is 1. The molecule has 2 aliphatic rings. The van der Waals surface area contributed by atoms with Gasteiger partial charge in [-0.15, -0.1) is 11.3 Å². The highest BCUT2D eigenvalue weighted by atomic mass is 32.1. The first-order valence-corrected chi connectivity index (χ1v) is 6.34. The van der Waals surface area contributed by atoms with E-state index in [1.54, 1.807) is 11.3 Å². The number of primary amides is 1. The van der Waals surface area contributed by atoms with Crippen molar-refractivity contribution in [1.82, 2.24) is 4.90 Å². The fourth-order valence-electron chi connectivity index (χ4n) is 3.09. The SMILES string of the molecule is CN1C2CC[C@H]1Cc1sc(N)c(C(N)=O)c12. The largest absolute Gasteiger partial charge is 0.390 e. The first kappa shape index (κ1) is 10.1. The van der Waals surface area contributed by atoms with Crippen molar-refractivity contribution in [2.45, 2.75) is 31.3 Å². The number of thiophene rings is 1. The highest BCUT2D eigenvalue weighted by molar-refractivity contribution is 7.16. The number of likely N-dealkylation sites (N-methyl/N-ethyl adjacent to an activating group) is 1. The Balaban J connectivity index is 2.19. The second-order valence-electron chi connectivity index (χ2n) is 4.66. The Hall–Kier alpha value is -1.07. The topological polar surface area (TPSA) is 72.3 Å². The summed E-state index contributed by atoms with van der Waals surface area (Å²) >= 11 is 1.54. The Kier molecular flexibility index (Phi) is 2.03. The molecular weight excluding hydrogens is 222 g/mol. The van der Waals surface area contributed by atoms with Crippen LogP contribution in [0.3, 0.4) is 0 Å². The first-order chi connectivity index (χ1) is 7.59. The van der Waals surface area contributed by atoms with Gasteiger partial charge in [-0.1, -0.05) is 0 Å². The number of nitrogen functional groups attached to an aromatic ring is 1. The zero-order valence-electron chi connectivity index (χ0n) is 9.19. The smallest absolute Gasteiger partial charge is 0.252 e. The van der Waals surface area contributed by atoms with Crippen LogP contribution in [0, 0.1) is 0 Å². The van der Waals surface area contributed by atoms with Gasteiger partial charge < -0.3 is 11.5 Å². The Morgan fingerprint density at radius 3 is 2.94 bits per heavy atom. The summed E-state index contributed by atoms with van der Waals surface area (Å²) in [5.74, 6) is -0.381. The van der Waals surface area contributed by atoms with Crippen molar-refractivity contribution in [2.75, 3.05) is 12.8 Å². The van der Waals surface area contributed by atoms with E-state index in [1.165, 1.54) is 11.3 Å². The minimum absolute atomic E-state index is 0.352. The lowest BCUT2D eigenvalue weighted by Crippen LogP contribution is -2.34. The molecule has 0 saturated carbocycles. The molecule has 0 aliphatic carbocycles. The first-order valence-electron chi connectivity index (χ1n) is 5.52. The molecule has 4 nitrogen and oxygen atoms in total. The number of hydrogen-bond acceptors (Lipinski definition) is 4. The van der Waals surface area contributed by atoms with Crippen LogP contribution in [0.2, 0.25) is 0 Å². The van der Waals surface area contributed by atoms with E-state index in [0.29, 0.717) is 22.6 Å². The third-order valence-corrected chi connectivity index (χ3v) is 4.95. The summed E-state index contributed by atoms with van der Waals surface area (Å²) in [6, 6.07) is 0.973.